The van der Waals surface area contributed by atoms with E-state index in [-0.39, 0.29) is 5.82 Å². The van der Waals surface area contributed by atoms with Gasteiger partial charge in [-0.25, -0.2) is 4.39 Å². The van der Waals surface area contributed by atoms with Gasteiger partial charge >= 0.3 is 0 Å². The Hall–Kier alpha value is -0.960. The lowest BCUT2D eigenvalue weighted by Gasteiger charge is -2.20. The lowest BCUT2D eigenvalue weighted by molar-refractivity contribution is 0.476. The second-order valence-corrected chi connectivity index (χ2v) is 4.53. The molecule has 1 N–H and O–H groups in total. The van der Waals surface area contributed by atoms with E-state index in [9.17, 15) is 4.39 Å². The van der Waals surface area contributed by atoms with E-state index in [1.54, 1.807) is 12.3 Å². The first kappa shape index (κ1) is 11.5. The van der Waals surface area contributed by atoms with Crippen LogP contribution >= 0.6 is 0 Å². The number of nitrogens with zero attached hydrogens (tertiary/aromatic N) is 1. The summed E-state index contributed by atoms with van der Waals surface area (Å²) in [5.74, 6) is 0.216. The summed E-state index contributed by atoms with van der Waals surface area (Å²) in [7, 11) is 0. The highest BCUT2D eigenvalue weighted by atomic mass is 19.1. The summed E-state index contributed by atoms with van der Waals surface area (Å²) < 4.78 is 13.1. The topological polar surface area (TPSA) is 24.9 Å². The van der Waals surface area contributed by atoms with Crippen LogP contribution in [0.4, 0.5) is 4.39 Å². The molecular weight excluding hydrogens is 203 g/mol. The van der Waals surface area contributed by atoms with Crippen molar-refractivity contribution in [3.8, 4) is 0 Å². The Morgan fingerprint density at radius 2 is 2.31 bits per heavy atom. The summed E-state index contributed by atoms with van der Waals surface area (Å²) in [5.41, 5.74) is 1.05. The van der Waals surface area contributed by atoms with Crippen molar-refractivity contribution >= 4 is 0 Å². The van der Waals surface area contributed by atoms with Crippen LogP contribution in [0.2, 0.25) is 0 Å². The predicted octanol–water partition coefficient (Wildman–Crippen LogP) is 2.86. The van der Waals surface area contributed by atoms with Gasteiger partial charge in [-0.05, 0) is 37.4 Å². The number of hydrogen-bond acceptors (Lipinski definition) is 2. The van der Waals surface area contributed by atoms with Crippen molar-refractivity contribution < 1.29 is 4.39 Å². The summed E-state index contributed by atoms with van der Waals surface area (Å²) in [6.07, 6.45) is 7.79. The van der Waals surface area contributed by atoms with Gasteiger partial charge < -0.3 is 5.32 Å². The zero-order valence-electron chi connectivity index (χ0n) is 9.75. The van der Waals surface area contributed by atoms with E-state index in [1.165, 1.54) is 19.0 Å². The Morgan fingerprint density at radius 1 is 1.44 bits per heavy atom. The van der Waals surface area contributed by atoms with E-state index in [4.69, 9.17) is 0 Å². The molecule has 0 amide bonds. The monoisotopic (exact) mass is 222 g/mol. The fourth-order valence-corrected chi connectivity index (χ4v) is 2.56. The second kappa shape index (κ2) is 5.39. The molecule has 1 aromatic heterocycles. The van der Waals surface area contributed by atoms with Gasteiger partial charge in [0.25, 0.3) is 0 Å². The molecule has 88 valence electrons. The van der Waals surface area contributed by atoms with Gasteiger partial charge in [0.15, 0.2) is 0 Å². The van der Waals surface area contributed by atoms with Gasteiger partial charge in [-0.2, -0.15) is 0 Å². The van der Waals surface area contributed by atoms with Gasteiger partial charge in [-0.3, -0.25) is 4.98 Å². The van der Waals surface area contributed by atoms with Gasteiger partial charge in [-0.15, -0.1) is 0 Å². The molecule has 0 aliphatic heterocycles. The van der Waals surface area contributed by atoms with Gasteiger partial charge in [0.1, 0.15) is 5.82 Å². The van der Waals surface area contributed by atoms with E-state index in [2.05, 4.69) is 17.2 Å². The summed E-state index contributed by atoms with van der Waals surface area (Å²) in [6, 6.07) is 2.13. The molecule has 2 rings (SSSR count). The minimum absolute atomic E-state index is 0.223. The zero-order valence-corrected chi connectivity index (χ0v) is 9.75. The van der Waals surface area contributed by atoms with E-state index in [0.717, 1.165) is 24.9 Å². The Balaban J connectivity index is 2.07. The summed E-state index contributed by atoms with van der Waals surface area (Å²) in [4.78, 5) is 3.94. The molecule has 0 bridgehead atoms. The molecule has 1 aromatic rings. The van der Waals surface area contributed by atoms with E-state index < -0.39 is 0 Å². The van der Waals surface area contributed by atoms with Crippen LogP contribution in [0.1, 0.15) is 44.1 Å². The maximum Gasteiger partial charge on any atom is 0.141 e. The molecule has 0 saturated heterocycles. The van der Waals surface area contributed by atoms with Gasteiger partial charge in [0.2, 0.25) is 0 Å². The minimum atomic E-state index is -0.223. The van der Waals surface area contributed by atoms with Crippen LogP contribution in [0.3, 0.4) is 0 Å². The lowest BCUT2D eigenvalue weighted by Crippen LogP contribution is -2.31. The fraction of sp³-hybridized carbons (Fsp3) is 0.615. The highest BCUT2D eigenvalue weighted by molar-refractivity contribution is 5.19. The van der Waals surface area contributed by atoms with Crippen LogP contribution in [0, 0.1) is 5.82 Å². The molecule has 1 fully saturated rings. The molecule has 0 aromatic carbocycles. The van der Waals surface area contributed by atoms with Gasteiger partial charge in [0, 0.05) is 18.2 Å². The number of rotatable bonds is 4. The van der Waals surface area contributed by atoms with Crippen molar-refractivity contribution in [1.29, 1.82) is 0 Å². The Bertz CT molecular complexity index is 340. The third kappa shape index (κ3) is 2.59. The first-order valence-electron chi connectivity index (χ1n) is 6.15. The van der Waals surface area contributed by atoms with E-state index in [1.807, 2.05) is 0 Å². The molecule has 1 aliphatic carbocycles. The quantitative estimate of drug-likeness (QED) is 0.847. The number of aromatic nitrogens is 1. The van der Waals surface area contributed by atoms with E-state index >= 15 is 0 Å². The normalized spacial score (nSPS) is 24.9. The van der Waals surface area contributed by atoms with Crippen molar-refractivity contribution in [3.05, 3.63) is 29.8 Å². The first-order valence-corrected chi connectivity index (χ1v) is 6.15. The van der Waals surface area contributed by atoms with E-state index in [0.29, 0.717) is 12.0 Å². The average molecular weight is 222 g/mol. The van der Waals surface area contributed by atoms with Crippen LogP contribution in [-0.4, -0.2) is 17.6 Å². The summed E-state index contributed by atoms with van der Waals surface area (Å²) in [6.45, 7) is 3.21. The predicted molar refractivity (Wildman–Crippen MR) is 62.9 cm³/mol. The molecule has 3 heteroatoms. The fourth-order valence-electron chi connectivity index (χ4n) is 2.56. The molecular formula is C13H19FN2. The molecule has 16 heavy (non-hydrogen) atoms. The van der Waals surface area contributed by atoms with Crippen LogP contribution in [0.5, 0.6) is 0 Å². The molecule has 2 nitrogen and oxygen atoms in total. The molecule has 1 aliphatic rings. The maximum atomic E-state index is 13.1. The Labute approximate surface area is 96.3 Å². The van der Waals surface area contributed by atoms with Crippen molar-refractivity contribution in [3.63, 3.8) is 0 Å². The zero-order chi connectivity index (χ0) is 11.4. The van der Waals surface area contributed by atoms with Crippen LogP contribution in [0.15, 0.2) is 18.5 Å². The van der Waals surface area contributed by atoms with Crippen molar-refractivity contribution in [2.75, 3.05) is 6.54 Å². The summed E-state index contributed by atoms with van der Waals surface area (Å²) in [5, 5.41) is 3.55. The molecule has 0 spiro atoms. The van der Waals surface area contributed by atoms with Crippen molar-refractivity contribution in [2.24, 2.45) is 0 Å². The SMILES string of the molecule is CCCNC1CCCC1c1cncc(F)c1. The molecule has 1 saturated carbocycles. The molecule has 0 radical (unpaired) electrons. The smallest absolute Gasteiger partial charge is 0.141 e. The van der Waals surface area contributed by atoms with Gasteiger partial charge in [0.05, 0.1) is 6.20 Å². The molecule has 2 atom stereocenters. The Morgan fingerprint density at radius 3 is 3.06 bits per heavy atom. The highest BCUT2D eigenvalue weighted by Gasteiger charge is 2.28. The first-order chi connectivity index (χ1) is 7.81. The Kier molecular flexibility index (Phi) is 3.88. The standard InChI is InChI=1S/C13H19FN2/c1-2-6-16-13-5-3-4-12(13)10-7-11(14)9-15-8-10/h7-9,12-13,16H,2-6H2,1H3. The second-order valence-electron chi connectivity index (χ2n) is 4.53. The molecule has 2 unspecified atom stereocenters. The van der Waals surface area contributed by atoms with Crippen LogP contribution in [-0.2, 0) is 0 Å². The van der Waals surface area contributed by atoms with Gasteiger partial charge in [-0.1, -0.05) is 13.3 Å². The number of halogens is 1. The van der Waals surface area contributed by atoms with Crippen molar-refractivity contribution in [1.82, 2.24) is 10.3 Å². The summed E-state index contributed by atoms with van der Waals surface area (Å²) >= 11 is 0. The minimum Gasteiger partial charge on any atom is -0.313 e. The lowest BCUT2D eigenvalue weighted by atomic mass is 9.95. The van der Waals surface area contributed by atoms with Crippen molar-refractivity contribution in [2.45, 2.75) is 44.6 Å². The van der Waals surface area contributed by atoms with Crippen LogP contribution < -0.4 is 5.32 Å². The highest BCUT2D eigenvalue weighted by Crippen LogP contribution is 2.34. The number of pyridine rings is 1. The number of nitrogens with one attached hydrogen (secondary N) is 1. The average Bonchev–Trinajstić information content (AvgIpc) is 2.74. The van der Waals surface area contributed by atoms with Crippen LogP contribution in [0.25, 0.3) is 0 Å². The molecule has 1 heterocycles. The third-order valence-electron chi connectivity index (χ3n) is 3.33. The third-order valence-corrected chi connectivity index (χ3v) is 3.33. The number of hydrogen-bond donors (Lipinski definition) is 1. The maximum absolute atomic E-state index is 13.1. The largest absolute Gasteiger partial charge is 0.313 e.